The molecule has 0 atom stereocenters. The first-order valence-electron chi connectivity index (χ1n) is 6.55. The van der Waals surface area contributed by atoms with Crippen molar-refractivity contribution in [3.63, 3.8) is 0 Å². The van der Waals surface area contributed by atoms with Crippen molar-refractivity contribution in [2.45, 2.75) is 24.4 Å². The van der Waals surface area contributed by atoms with E-state index < -0.39 is 35.2 Å². The van der Waals surface area contributed by atoms with E-state index in [0.717, 1.165) is 19.0 Å². The van der Waals surface area contributed by atoms with Gasteiger partial charge in [0.1, 0.15) is 0 Å². The Morgan fingerprint density at radius 3 is 1.50 bits per heavy atom. The van der Waals surface area contributed by atoms with E-state index in [1.807, 2.05) is 37.7 Å². The molecule has 1 N–H and O–H groups in total. The molecule has 8 nitrogen and oxygen atoms in total. The quantitative estimate of drug-likeness (QED) is 0.302. The van der Waals surface area contributed by atoms with Gasteiger partial charge in [-0.15, -0.1) is 0 Å². The molecule has 0 rings (SSSR count). The Balaban J connectivity index is 0. The van der Waals surface area contributed by atoms with Crippen molar-refractivity contribution in [1.29, 1.82) is 0 Å². The number of hydrogen-bond acceptors (Lipinski definition) is 5. The van der Waals surface area contributed by atoms with Crippen LogP contribution in [0, 0.1) is 0 Å². The highest BCUT2D eigenvalue weighted by Gasteiger charge is 2.55. The average molecular weight is 440 g/mol. The van der Waals surface area contributed by atoms with E-state index in [9.17, 15) is 43.2 Å². The zero-order valence-corrected chi connectivity index (χ0v) is 16.1. The molecule has 0 bridgehead atoms. The third-order valence-corrected chi connectivity index (χ3v) is 5.00. The van der Waals surface area contributed by atoms with E-state index in [1.165, 1.54) is 0 Å². The fourth-order valence-electron chi connectivity index (χ4n) is 1.09. The normalized spacial score (nSPS) is 12.7. The minimum absolute atomic E-state index is 0.493. The van der Waals surface area contributed by atoms with Gasteiger partial charge < -0.3 is 4.74 Å². The van der Waals surface area contributed by atoms with E-state index in [1.54, 1.807) is 0 Å². The van der Waals surface area contributed by atoms with Crippen LogP contribution in [0.2, 0.25) is 0 Å². The largest absolute Gasteiger partial charge is 0.512 e. The zero-order chi connectivity index (χ0) is 21.6. The summed E-state index contributed by atoms with van der Waals surface area (Å²) in [5, 5.41) is 0. The van der Waals surface area contributed by atoms with Crippen LogP contribution in [0.4, 0.5) is 26.3 Å². The third-order valence-electron chi connectivity index (χ3n) is 2.03. The molecule has 0 heterocycles. The van der Waals surface area contributed by atoms with Crippen molar-refractivity contribution in [2.75, 3.05) is 34.8 Å². The standard InChI is InChI=1S/C8H19N2O.C2HF6NO4S2/c1-6-7-11-8(9(2)3)10(4)5;3-1(4,5)14(10,11)9-15(12,13)2(6,7)8/h6-7H2,1-5H3;9H/q+1;. The van der Waals surface area contributed by atoms with Crippen LogP contribution >= 0.6 is 0 Å². The second-order valence-electron chi connectivity index (χ2n) is 4.90. The van der Waals surface area contributed by atoms with Crippen LogP contribution in [0.25, 0.3) is 0 Å². The number of ether oxygens (including phenoxy) is 1. The van der Waals surface area contributed by atoms with Crippen molar-refractivity contribution in [1.82, 2.24) is 9.03 Å². The van der Waals surface area contributed by atoms with Gasteiger partial charge in [0.15, 0.2) is 0 Å². The van der Waals surface area contributed by atoms with Gasteiger partial charge in [0, 0.05) is 0 Å². The van der Waals surface area contributed by atoms with Crippen molar-refractivity contribution >= 4 is 26.1 Å². The molecule has 0 saturated carbocycles. The average Bonchev–Trinajstić information content (AvgIpc) is 2.35. The Bertz CT molecular complexity index is 637. The third kappa shape index (κ3) is 8.88. The number of amidine groups is 1. The molecule has 0 aromatic carbocycles. The molecule has 0 radical (unpaired) electrons. The van der Waals surface area contributed by atoms with Crippen LogP contribution < -0.4 is 4.13 Å². The molecule has 16 heteroatoms. The summed E-state index contributed by atoms with van der Waals surface area (Å²) in [4.78, 5) is 1.97. The number of halogens is 6. The zero-order valence-electron chi connectivity index (χ0n) is 14.4. The summed E-state index contributed by atoms with van der Waals surface area (Å²) >= 11 is 0. The maximum Gasteiger partial charge on any atom is 0.512 e. The number of sulfonamides is 2. The maximum absolute atomic E-state index is 11.5. The lowest BCUT2D eigenvalue weighted by molar-refractivity contribution is -0.480. The van der Waals surface area contributed by atoms with Gasteiger partial charge in [-0.05, 0) is 6.42 Å². The van der Waals surface area contributed by atoms with Gasteiger partial charge >= 0.3 is 37.1 Å². The van der Waals surface area contributed by atoms with Crippen LogP contribution in [0.1, 0.15) is 13.3 Å². The van der Waals surface area contributed by atoms with E-state index in [0.29, 0.717) is 0 Å². The van der Waals surface area contributed by atoms with Crippen LogP contribution in [-0.4, -0.2) is 78.1 Å². The van der Waals surface area contributed by atoms with Gasteiger partial charge in [-0.2, -0.15) is 26.3 Å². The van der Waals surface area contributed by atoms with Gasteiger partial charge in [-0.1, -0.05) is 11.1 Å². The van der Waals surface area contributed by atoms with Gasteiger partial charge in [-0.3, -0.25) is 0 Å². The highest BCUT2D eigenvalue weighted by atomic mass is 32.3. The summed E-state index contributed by atoms with van der Waals surface area (Å²) < 4.78 is 116. The first-order valence-corrected chi connectivity index (χ1v) is 9.52. The Labute approximate surface area is 147 Å². The monoisotopic (exact) mass is 440 g/mol. The van der Waals surface area contributed by atoms with E-state index in [4.69, 9.17) is 4.74 Å². The molecule has 158 valence electrons. The van der Waals surface area contributed by atoms with Crippen LogP contribution in [0.15, 0.2) is 0 Å². The lowest BCUT2D eigenvalue weighted by Crippen LogP contribution is -2.45. The topological polar surface area (TPSA) is 95.8 Å². The van der Waals surface area contributed by atoms with Gasteiger partial charge in [0.25, 0.3) is 0 Å². The molecule has 0 aliphatic carbocycles. The van der Waals surface area contributed by atoms with Crippen LogP contribution in [-0.2, 0) is 24.8 Å². The fraction of sp³-hybridized carbons (Fsp3) is 0.900. The Hall–Kier alpha value is -1.29. The molecular weight excluding hydrogens is 420 g/mol. The predicted octanol–water partition coefficient (Wildman–Crippen LogP) is 0.878. The summed E-state index contributed by atoms with van der Waals surface area (Å²) in [6.07, 6.45) is 1.05. The van der Waals surface area contributed by atoms with E-state index >= 15 is 0 Å². The van der Waals surface area contributed by atoms with Gasteiger partial charge in [-0.25, -0.2) is 26.3 Å². The summed E-state index contributed by atoms with van der Waals surface area (Å²) in [5.41, 5.74) is -12.3. The minimum Gasteiger partial charge on any atom is -0.432 e. The SMILES string of the molecule is CCCOC(N(C)C)=[N+](C)C.O=S(=O)(NS(=O)(=O)C(F)(F)F)C(F)(F)F. The lowest BCUT2D eigenvalue weighted by Gasteiger charge is -2.11. The Morgan fingerprint density at radius 1 is 0.962 bits per heavy atom. The molecule has 26 heavy (non-hydrogen) atoms. The Kier molecular flexibility index (Phi) is 9.93. The molecule has 0 unspecified atom stereocenters. The number of alkyl halides is 6. The second kappa shape index (κ2) is 9.59. The number of nitrogens with zero attached hydrogens (tertiary/aromatic N) is 2. The molecular formula is C10H20F6N3O5S2+. The number of hydrogen-bond donors (Lipinski definition) is 1. The summed E-state index contributed by atoms with van der Waals surface area (Å²) in [7, 11) is -5.28. The minimum atomic E-state index is -6.60. The van der Waals surface area contributed by atoms with Crippen molar-refractivity contribution in [3.8, 4) is 0 Å². The highest BCUT2D eigenvalue weighted by Crippen LogP contribution is 2.27. The molecule has 0 fully saturated rings. The molecule has 0 aliphatic rings. The molecule has 0 aliphatic heterocycles. The summed E-state index contributed by atoms with van der Waals surface area (Å²) in [6, 6.07) is 0.909. The molecule has 0 saturated heterocycles. The second-order valence-corrected chi connectivity index (χ2v) is 8.51. The predicted molar refractivity (Wildman–Crippen MR) is 80.1 cm³/mol. The fourth-order valence-corrected chi connectivity index (χ4v) is 3.00. The summed E-state index contributed by atoms with van der Waals surface area (Å²) in [5.74, 6) is 0. The maximum atomic E-state index is 11.5. The molecule has 0 amide bonds. The van der Waals surface area contributed by atoms with Gasteiger partial charge in [0.05, 0.1) is 34.8 Å². The number of nitrogens with one attached hydrogen (secondary N) is 1. The first kappa shape index (κ1) is 26.9. The molecule has 0 aromatic rings. The Morgan fingerprint density at radius 2 is 1.31 bits per heavy atom. The van der Waals surface area contributed by atoms with Crippen LogP contribution in [0.5, 0.6) is 0 Å². The van der Waals surface area contributed by atoms with Crippen LogP contribution in [0.3, 0.4) is 0 Å². The van der Waals surface area contributed by atoms with E-state index in [2.05, 4.69) is 6.92 Å². The molecule has 0 aromatic heterocycles. The molecule has 0 spiro atoms. The number of rotatable bonds is 4. The van der Waals surface area contributed by atoms with Crippen molar-refractivity contribution in [3.05, 3.63) is 0 Å². The first-order chi connectivity index (χ1) is 11.3. The van der Waals surface area contributed by atoms with Crippen molar-refractivity contribution in [2.24, 2.45) is 0 Å². The van der Waals surface area contributed by atoms with E-state index in [-0.39, 0.29) is 0 Å². The lowest BCUT2D eigenvalue weighted by atomic mass is 10.5. The smallest absolute Gasteiger partial charge is 0.432 e. The highest BCUT2D eigenvalue weighted by molar-refractivity contribution is 8.05. The van der Waals surface area contributed by atoms with Gasteiger partial charge in [0.2, 0.25) is 0 Å². The van der Waals surface area contributed by atoms with Crippen molar-refractivity contribution < 1.29 is 52.5 Å². The summed E-state index contributed by atoms with van der Waals surface area (Å²) in [6.45, 7) is 2.88.